The Labute approximate surface area is 122 Å². The standard InChI is InChI=1S/C15H18BrN3/c1-4-7-13-18-14(10(2)15(17-3)19-13)11-8-5-6-9-12(11)16/h5-6,8-9H,4,7H2,1-3H3,(H,17,18,19). The third kappa shape index (κ3) is 2.95. The molecule has 1 aromatic carbocycles. The summed E-state index contributed by atoms with van der Waals surface area (Å²) in [5.41, 5.74) is 3.18. The Morgan fingerprint density at radius 3 is 2.58 bits per heavy atom. The molecule has 0 aliphatic heterocycles. The monoisotopic (exact) mass is 319 g/mol. The molecule has 19 heavy (non-hydrogen) atoms. The summed E-state index contributed by atoms with van der Waals surface area (Å²) >= 11 is 3.60. The molecule has 0 spiro atoms. The second-order valence-corrected chi connectivity index (χ2v) is 5.30. The number of aryl methyl sites for hydroxylation is 1. The lowest BCUT2D eigenvalue weighted by Gasteiger charge is -2.13. The van der Waals surface area contributed by atoms with Crippen LogP contribution in [0.25, 0.3) is 11.3 Å². The van der Waals surface area contributed by atoms with E-state index in [-0.39, 0.29) is 0 Å². The Hall–Kier alpha value is -1.42. The van der Waals surface area contributed by atoms with Gasteiger partial charge in [-0.3, -0.25) is 0 Å². The lowest BCUT2D eigenvalue weighted by Crippen LogP contribution is -2.05. The summed E-state index contributed by atoms with van der Waals surface area (Å²) in [6.07, 6.45) is 1.94. The van der Waals surface area contributed by atoms with Crippen molar-refractivity contribution in [2.75, 3.05) is 12.4 Å². The van der Waals surface area contributed by atoms with Crippen LogP contribution in [0.5, 0.6) is 0 Å². The van der Waals surface area contributed by atoms with E-state index >= 15 is 0 Å². The molecule has 0 radical (unpaired) electrons. The fraction of sp³-hybridized carbons (Fsp3) is 0.333. The highest BCUT2D eigenvalue weighted by molar-refractivity contribution is 9.10. The van der Waals surface area contributed by atoms with Crippen LogP contribution in [0, 0.1) is 6.92 Å². The second kappa shape index (κ2) is 6.15. The van der Waals surface area contributed by atoms with Gasteiger partial charge >= 0.3 is 0 Å². The maximum atomic E-state index is 4.72. The molecule has 1 heterocycles. The Kier molecular flexibility index (Phi) is 4.53. The molecular weight excluding hydrogens is 302 g/mol. The molecule has 2 rings (SSSR count). The van der Waals surface area contributed by atoms with Gasteiger partial charge in [-0.25, -0.2) is 9.97 Å². The molecule has 3 nitrogen and oxygen atoms in total. The molecule has 0 unspecified atom stereocenters. The van der Waals surface area contributed by atoms with Gasteiger partial charge in [0.25, 0.3) is 0 Å². The highest BCUT2D eigenvalue weighted by Crippen LogP contribution is 2.31. The summed E-state index contributed by atoms with van der Waals surface area (Å²) in [5, 5.41) is 3.16. The van der Waals surface area contributed by atoms with Crippen molar-refractivity contribution >= 4 is 21.7 Å². The average molecular weight is 320 g/mol. The summed E-state index contributed by atoms with van der Waals surface area (Å²) in [6.45, 7) is 4.19. The van der Waals surface area contributed by atoms with E-state index in [1.165, 1.54) is 0 Å². The molecule has 0 amide bonds. The van der Waals surface area contributed by atoms with Crippen LogP contribution in [0.4, 0.5) is 5.82 Å². The van der Waals surface area contributed by atoms with Crippen LogP contribution in [-0.4, -0.2) is 17.0 Å². The maximum Gasteiger partial charge on any atom is 0.132 e. The number of halogens is 1. The Bertz CT molecular complexity index is 582. The van der Waals surface area contributed by atoms with Crippen molar-refractivity contribution in [2.45, 2.75) is 26.7 Å². The van der Waals surface area contributed by atoms with Crippen molar-refractivity contribution in [1.29, 1.82) is 0 Å². The van der Waals surface area contributed by atoms with E-state index in [9.17, 15) is 0 Å². The van der Waals surface area contributed by atoms with E-state index < -0.39 is 0 Å². The van der Waals surface area contributed by atoms with Crippen molar-refractivity contribution in [2.24, 2.45) is 0 Å². The zero-order chi connectivity index (χ0) is 13.8. The Morgan fingerprint density at radius 2 is 1.95 bits per heavy atom. The smallest absolute Gasteiger partial charge is 0.132 e. The first-order valence-electron chi connectivity index (χ1n) is 6.47. The van der Waals surface area contributed by atoms with Gasteiger partial charge in [-0.1, -0.05) is 41.1 Å². The topological polar surface area (TPSA) is 37.8 Å². The maximum absolute atomic E-state index is 4.72. The molecule has 0 bridgehead atoms. The number of benzene rings is 1. The summed E-state index contributed by atoms with van der Waals surface area (Å²) in [5.74, 6) is 1.80. The first kappa shape index (κ1) is 14.0. The molecule has 0 saturated carbocycles. The lowest BCUT2D eigenvalue weighted by molar-refractivity contribution is 0.834. The van der Waals surface area contributed by atoms with E-state index in [0.29, 0.717) is 0 Å². The first-order valence-corrected chi connectivity index (χ1v) is 7.26. The average Bonchev–Trinajstić information content (AvgIpc) is 2.42. The van der Waals surface area contributed by atoms with Crippen molar-refractivity contribution in [1.82, 2.24) is 9.97 Å². The van der Waals surface area contributed by atoms with E-state index in [0.717, 1.165) is 45.8 Å². The summed E-state index contributed by atoms with van der Waals surface area (Å²) in [4.78, 5) is 9.28. The number of anilines is 1. The number of nitrogens with zero attached hydrogens (tertiary/aromatic N) is 2. The van der Waals surface area contributed by atoms with Crippen LogP contribution in [0.1, 0.15) is 24.7 Å². The van der Waals surface area contributed by atoms with Crippen LogP contribution >= 0.6 is 15.9 Å². The van der Waals surface area contributed by atoms with Gasteiger partial charge in [0.05, 0.1) is 5.69 Å². The minimum atomic E-state index is 0.892. The minimum absolute atomic E-state index is 0.892. The number of aromatic nitrogens is 2. The molecule has 100 valence electrons. The number of hydrogen-bond acceptors (Lipinski definition) is 3. The minimum Gasteiger partial charge on any atom is -0.373 e. The number of hydrogen-bond donors (Lipinski definition) is 1. The van der Waals surface area contributed by atoms with Crippen molar-refractivity contribution in [3.05, 3.63) is 40.1 Å². The zero-order valence-corrected chi connectivity index (χ0v) is 13.1. The molecule has 0 fully saturated rings. The van der Waals surface area contributed by atoms with Crippen LogP contribution in [0.3, 0.4) is 0 Å². The first-order chi connectivity index (χ1) is 9.17. The van der Waals surface area contributed by atoms with E-state index in [2.05, 4.69) is 46.1 Å². The van der Waals surface area contributed by atoms with Crippen molar-refractivity contribution < 1.29 is 0 Å². The van der Waals surface area contributed by atoms with Gasteiger partial charge in [-0.15, -0.1) is 0 Å². The van der Waals surface area contributed by atoms with Gasteiger partial charge in [0.1, 0.15) is 11.6 Å². The molecular formula is C15H18BrN3. The summed E-state index contributed by atoms with van der Waals surface area (Å²) in [7, 11) is 1.90. The Morgan fingerprint density at radius 1 is 1.21 bits per heavy atom. The fourth-order valence-electron chi connectivity index (χ4n) is 2.06. The van der Waals surface area contributed by atoms with Gasteiger partial charge < -0.3 is 5.32 Å². The third-order valence-corrected chi connectivity index (χ3v) is 3.72. The SMILES string of the molecule is CCCc1nc(NC)c(C)c(-c2ccccc2Br)n1. The molecule has 0 aliphatic rings. The van der Waals surface area contributed by atoms with E-state index in [1.807, 2.05) is 25.2 Å². The fourth-order valence-corrected chi connectivity index (χ4v) is 2.53. The van der Waals surface area contributed by atoms with Gasteiger partial charge in [0.15, 0.2) is 0 Å². The van der Waals surface area contributed by atoms with Crippen LogP contribution in [0.15, 0.2) is 28.7 Å². The lowest BCUT2D eigenvalue weighted by atomic mass is 10.1. The predicted octanol–water partition coefficient (Wildman–Crippen LogP) is 4.21. The molecule has 0 aliphatic carbocycles. The van der Waals surface area contributed by atoms with Crippen LogP contribution in [-0.2, 0) is 6.42 Å². The highest BCUT2D eigenvalue weighted by atomic mass is 79.9. The molecule has 4 heteroatoms. The summed E-state index contributed by atoms with van der Waals surface area (Å²) < 4.78 is 1.06. The van der Waals surface area contributed by atoms with Gasteiger partial charge in [0, 0.05) is 29.1 Å². The molecule has 2 aromatic rings. The van der Waals surface area contributed by atoms with Crippen LogP contribution in [0.2, 0.25) is 0 Å². The normalized spacial score (nSPS) is 10.5. The van der Waals surface area contributed by atoms with E-state index in [1.54, 1.807) is 0 Å². The second-order valence-electron chi connectivity index (χ2n) is 4.44. The molecule has 0 atom stereocenters. The van der Waals surface area contributed by atoms with Crippen LogP contribution < -0.4 is 5.32 Å². The quantitative estimate of drug-likeness (QED) is 0.917. The van der Waals surface area contributed by atoms with Gasteiger partial charge in [0.2, 0.25) is 0 Å². The Balaban J connectivity index is 2.61. The third-order valence-electron chi connectivity index (χ3n) is 3.03. The highest BCUT2D eigenvalue weighted by Gasteiger charge is 2.13. The van der Waals surface area contributed by atoms with E-state index in [4.69, 9.17) is 4.98 Å². The largest absolute Gasteiger partial charge is 0.373 e. The molecule has 0 saturated heterocycles. The van der Waals surface area contributed by atoms with Crippen molar-refractivity contribution in [3.8, 4) is 11.3 Å². The summed E-state index contributed by atoms with van der Waals surface area (Å²) in [6, 6.07) is 8.15. The molecule has 1 aromatic heterocycles. The van der Waals surface area contributed by atoms with Gasteiger partial charge in [-0.2, -0.15) is 0 Å². The van der Waals surface area contributed by atoms with Gasteiger partial charge in [-0.05, 0) is 19.4 Å². The molecule has 1 N–H and O–H groups in total. The zero-order valence-electron chi connectivity index (χ0n) is 11.5. The predicted molar refractivity (Wildman–Crippen MR) is 83.4 cm³/mol. The number of nitrogens with one attached hydrogen (secondary N) is 1. The van der Waals surface area contributed by atoms with Crippen molar-refractivity contribution in [3.63, 3.8) is 0 Å². The number of rotatable bonds is 4.